The summed E-state index contributed by atoms with van der Waals surface area (Å²) in [5.41, 5.74) is 11.8. The van der Waals surface area contributed by atoms with Gasteiger partial charge in [-0.2, -0.15) is 0 Å². The number of halogens is 2. The summed E-state index contributed by atoms with van der Waals surface area (Å²) < 4.78 is 0. The summed E-state index contributed by atoms with van der Waals surface area (Å²) in [6.07, 6.45) is 0. The SMILES string of the molecule is Cc1cc(Cl)c(C(N)c2cc(Cl)ccc2C)cc1C. The van der Waals surface area contributed by atoms with Gasteiger partial charge >= 0.3 is 0 Å². The Balaban J connectivity index is 2.52. The van der Waals surface area contributed by atoms with Gasteiger partial charge in [-0.05, 0) is 66.8 Å². The highest BCUT2D eigenvalue weighted by Crippen LogP contribution is 2.31. The zero-order valence-corrected chi connectivity index (χ0v) is 12.8. The first-order chi connectivity index (χ1) is 8.90. The van der Waals surface area contributed by atoms with Crippen LogP contribution < -0.4 is 5.73 Å². The van der Waals surface area contributed by atoms with Gasteiger partial charge in [-0.25, -0.2) is 0 Å². The Morgan fingerprint density at radius 1 is 0.842 bits per heavy atom. The van der Waals surface area contributed by atoms with E-state index in [9.17, 15) is 0 Å². The summed E-state index contributed by atoms with van der Waals surface area (Å²) in [7, 11) is 0. The molecule has 0 spiro atoms. The van der Waals surface area contributed by atoms with E-state index in [4.69, 9.17) is 28.9 Å². The van der Waals surface area contributed by atoms with Gasteiger partial charge in [0.05, 0.1) is 6.04 Å². The van der Waals surface area contributed by atoms with Gasteiger partial charge in [0, 0.05) is 10.0 Å². The first kappa shape index (κ1) is 14.4. The molecule has 2 aromatic rings. The molecule has 3 heteroatoms. The van der Waals surface area contributed by atoms with E-state index in [2.05, 4.69) is 13.0 Å². The summed E-state index contributed by atoms with van der Waals surface area (Å²) in [4.78, 5) is 0. The number of hydrogen-bond donors (Lipinski definition) is 1. The zero-order chi connectivity index (χ0) is 14.2. The van der Waals surface area contributed by atoms with Gasteiger partial charge in [0.25, 0.3) is 0 Å². The first-order valence-corrected chi connectivity index (χ1v) is 6.94. The Kier molecular flexibility index (Phi) is 4.19. The fourth-order valence-corrected chi connectivity index (χ4v) is 2.67. The second-order valence-corrected chi connectivity index (χ2v) is 5.78. The summed E-state index contributed by atoms with van der Waals surface area (Å²) in [6, 6.07) is 9.52. The molecular weight excluding hydrogens is 277 g/mol. The number of hydrogen-bond acceptors (Lipinski definition) is 1. The minimum Gasteiger partial charge on any atom is -0.320 e. The number of aryl methyl sites for hydroxylation is 3. The molecule has 0 aliphatic heterocycles. The minimum atomic E-state index is -0.259. The number of nitrogens with two attached hydrogens (primary N) is 1. The van der Waals surface area contributed by atoms with Crippen molar-refractivity contribution in [2.45, 2.75) is 26.8 Å². The fraction of sp³-hybridized carbons (Fsp3) is 0.250. The molecular formula is C16H17Cl2N. The maximum atomic E-state index is 6.36. The van der Waals surface area contributed by atoms with Crippen LogP contribution in [0.1, 0.15) is 33.9 Å². The second kappa shape index (κ2) is 5.54. The highest BCUT2D eigenvalue weighted by molar-refractivity contribution is 6.31. The van der Waals surface area contributed by atoms with Crippen LogP contribution in [0.15, 0.2) is 30.3 Å². The highest BCUT2D eigenvalue weighted by atomic mass is 35.5. The van der Waals surface area contributed by atoms with E-state index in [0.29, 0.717) is 10.0 Å². The van der Waals surface area contributed by atoms with Gasteiger partial charge in [0.1, 0.15) is 0 Å². The highest BCUT2D eigenvalue weighted by Gasteiger charge is 2.16. The third-order valence-electron chi connectivity index (χ3n) is 3.52. The van der Waals surface area contributed by atoms with E-state index >= 15 is 0 Å². The Hall–Kier alpha value is -1.02. The Bertz CT molecular complexity index is 620. The lowest BCUT2D eigenvalue weighted by atomic mass is 9.93. The molecule has 0 heterocycles. The monoisotopic (exact) mass is 293 g/mol. The molecule has 2 N–H and O–H groups in total. The zero-order valence-electron chi connectivity index (χ0n) is 11.3. The molecule has 100 valence electrons. The molecule has 0 aliphatic carbocycles. The molecule has 1 unspecified atom stereocenters. The molecule has 0 amide bonds. The quantitative estimate of drug-likeness (QED) is 0.831. The normalized spacial score (nSPS) is 12.5. The average Bonchev–Trinajstić information content (AvgIpc) is 2.36. The van der Waals surface area contributed by atoms with Crippen molar-refractivity contribution in [3.05, 3.63) is 68.2 Å². The predicted octanol–water partition coefficient (Wildman–Crippen LogP) is 4.97. The van der Waals surface area contributed by atoms with E-state index < -0.39 is 0 Å². The minimum absolute atomic E-state index is 0.259. The third kappa shape index (κ3) is 2.94. The molecule has 0 saturated heterocycles. The van der Waals surface area contributed by atoms with Gasteiger partial charge in [0.2, 0.25) is 0 Å². The maximum absolute atomic E-state index is 6.36. The van der Waals surface area contributed by atoms with Crippen molar-refractivity contribution in [2.75, 3.05) is 0 Å². The predicted molar refractivity (Wildman–Crippen MR) is 83.1 cm³/mol. The van der Waals surface area contributed by atoms with E-state index in [-0.39, 0.29) is 6.04 Å². The molecule has 0 fully saturated rings. The van der Waals surface area contributed by atoms with Gasteiger partial charge in [-0.3, -0.25) is 0 Å². The molecule has 0 radical (unpaired) electrons. The van der Waals surface area contributed by atoms with E-state index in [1.807, 2.05) is 38.1 Å². The van der Waals surface area contributed by atoms with Crippen molar-refractivity contribution >= 4 is 23.2 Å². The van der Waals surface area contributed by atoms with Crippen LogP contribution in [0.5, 0.6) is 0 Å². The van der Waals surface area contributed by atoms with Gasteiger partial charge in [0.15, 0.2) is 0 Å². The van der Waals surface area contributed by atoms with Crippen molar-refractivity contribution in [1.29, 1.82) is 0 Å². The smallest absolute Gasteiger partial charge is 0.0569 e. The summed E-state index contributed by atoms with van der Waals surface area (Å²) in [5, 5.41) is 1.39. The molecule has 0 saturated carbocycles. The fourth-order valence-electron chi connectivity index (χ4n) is 2.16. The molecule has 1 nitrogen and oxygen atoms in total. The topological polar surface area (TPSA) is 26.0 Å². The summed E-state index contributed by atoms with van der Waals surface area (Å²) >= 11 is 12.4. The van der Waals surface area contributed by atoms with Crippen molar-refractivity contribution in [1.82, 2.24) is 0 Å². The van der Waals surface area contributed by atoms with Crippen LogP contribution >= 0.6 is 23.2 Å². The van der Waals surface area contributed by atoms with Crippen molar-refractivity contribution in [2.24, 2.45) is 5.73 Å². The van der Waals surface area contributed by atoms with Gasteiger partial charge in [-0.15, -0.1) is 0 Å². The van der Waals surface area contributed by atoms with Crippen molar-refractivity contribution in [3.8, 4) is 0 Å². The lowest BCUT2D eigenvalue weighted by Crippen LogP contribution is -2.14. The standard InChI is InChI=1S/C16H17Cl2N/c1-9-4-5-12(17)8-13(9)16(19)14-6-10(2)11(3)7-15(14)18/h4-8,16H,19H2,1-3H3. The van der Waals surface area contributed by atoms with Crippen molar-refractivity contribution in [3.63, 3.8) is 0 Å². The first-order valence-electron chi connectivity index (χ1n) is 6.18. The van der Waals surface area contributed by atoms with Crippen LogP contribution in [0.4, 0.5) is 0 Å². The van der Waals surface area contributed by atoms with Crippen LogP contribution in [0.25, 0.3) is 0 Å². The molecule has 0 bridgehead atoms. The molecule has 0 aliphatic rings. The van der Waals surface area contributed by atoms with Gasteiger partial charge in [-0.1, -0.05) is 35.3 Å². The van der Waals surface area contributed by atoms with Crippen LogP contribution in [0.2, 0.25) is 10.0 Å². The summed E-state index contributed by atoms with van der Waals surface area (Å²) in [6.45, 7) is 6.13. The van der Waals surface area contributed by atoms with Crippen LogP contribution in [0, 0.1) is 20.8 Å². The van der Waals surface area contributed by atoms with Crippen molar-refractivity contribution < 1.29 is 0 Å². The Labute approximate surface area is 124 Å². The molecule has 1 atom stereocenters. The number of benzene rings is 2. The average molecular weight is 294 g/mol. The van der Waals surface area contributed by atoms with Gasteiger partial charge < -0.3 is 5.73 Å². The van der Waals surface area contributed by atoms with Crippen LogP contribution in [-0.2, 0) is 0 Å². The molecule has 2 rings (SSSR count). The van der Waals surface area contributed by atoms with E-state index in [1.54, 1.807) is 0 Å². The third-order valence-corrected chi connectivity index (χ3v) is 4.09. The maximum Gasteiger partial charge on any atom is 0.0569 e. The van der Waals surface area contributed by atoms with Crippen LogP contribution in [0.3, 0.4) is 0 Å². The van der Waals surface area contributed by atoms with E-state index in [0.717, 1.165) is 16.7 Å². The van der Waals surface area contributed by atoms with Crippen LogP contribution in [-0.4, -0.2) is 0 Å². The summed E-state index contributed by atoms with van der Waals surface area (Å²) in [5.74, 6) is 0. The molecule has 0 aromatic heterocycles. The Morgan fingerprint density at radius 2 is 1.47 bits per heavy atom. The largest absolute Gasteiger partial charge is 0.320 e. The second-order valence-electron chi connectivity index (χ2n) is 4.94. The number of rotatable bonds is 2. The lowest BCUT2D eigenvalue weighted by Gasteiger charge is -2.18. The molecule has 2 aromatic carbocycles. The molecule has 19 heavy (non-hydrogen) atoms. The Morgan fingerprint density at radius 3 is 2.16 bits per heavy atom. The lowest BCUT2D eigenvalue weighted by molar-refractivity contribution is 0.859. The van der Waals surface area contributed by atoms with E-state index in [1.165, 1.54) is 11.1 Å².